The number of amides is 3. The number of carbonyl (C=O) groups is 4. The second kappa shape index (κ2) is 12.4. The van der Waals surface area contributed by atoms with Crippen LogP contribution in [0, 0.1) is 5.92 Å². The number of halogens is 1. The highest BCUT2D eigenvalue weighted by atomic mass is 35.5. The highest BCUT2D eigenvalue weighted by Crippen LogP contribution is 2.47. The lowest BCUT2D eigenvalue weighted by Gasteiger charge is -2.30. The van der Waals surface area contributed by atoms with E-state index in [1.54, 1.807) is 32.9 Å². The van der Waals surface area contributed by atoms with Crippen molar-refractivity contribution in [3.05, 3.63) is 47.0 Å². The predicted octanol–water partition coefficient (Wildman–Crippen LogP) is 4.27. The summed E-state index contributed by atoms with van der Waals surface area (Å²) in [5, 5.41) is 10.6. The number of esters is 1. The number of fused-ring (bicyclic) bond motifs is 2. The molecule has 1 saturated heterocycles. The van der Waals surface area contributed by atoms with Crippen molar-refractivity contribution < 1.29 is 33.5 Å². The predicted molar refractivity (Wildman–Crippen MR) is 163 cm³/mol. The summed E-state index contributed by atoms with van der Waals surface area (Å²) in [5.41, 5.74) is -1.48. The zero-order valence-electron chi connectivity index (χ0n) is 25.7. The van der Waals surface area contributed by atoms with Gasteiger partial charge in [0.1, 0.15) is 23.2 Å². The van der Waals surface area contributed by atoms with Crippen LogP contribution in [-0.2, 0) is 28.7 Å². The Morgan fingerprint density at radius 3 is 2.70 bits per heavy atom. The highest BCUT2D eigenvalue weighted by molar-refractivity contribution is 6.31. The van der Waals surface area contributed by atoms with E-state index in [-0.39, 0.29) is 18.9 Å². The summed E-state index contributed by atoms with van der Waals surface area (Å²) >= 11 is 6.22. The van der Waals surface area contributed by atoms with Crippen molar-refractivity contribution in [1.29, 1.82) is 0 Å². The standard InChI is InChI=1S/C32H41ClN4O7/c1-30(2,3)43-29(41)34-23-14-9-7-5-6-8-12-21-16-32(21,28(40)42-4)35-26(38)25-18-31(19-37(25)27(23)39)17-24(36-44-31)20-11-10-13-22(33)15-20/h8,10-13,15,21,23,25H,5-7,9,14,16-19H2,1-4H3,(H,34,41)(H,35,38)/b12-8-/t21-,23+,25+,31-,32-/m1/s1. The van der Waals surface area contributed by atoms with E-state index in [4.69, 9.17) is 25.9 Å². The number of carbonyl (C=O) groups excluding carboxylic acids is 4. The lowest BCUT2D eigenvalue weighted by Crippen LogP contribution is -2.56. The Kier molecular flexibility index (Phi) is 8.98. The van der Waals surface area contributed by atoms with Crippen molar-refractivity contribution in [3.8, 4) is 0 Å². The van der Waals surface area contributed by atoms with E-state index < -0.39 is 52.7 Å². The summed E-state index contributed by atoms with van der Waals surface area (Å²) in [6, 6.07) is 5.35. The number of rotatable bonds is 3. The molecule has 44 heavy (non-hydrogen) atoms. The van der Waals surface area contributed by atoms with Crippen LogP contribution in [0.15, 0.2) is 41.6 Å². The molecule has 1 saturated carbocycles. The van der Waals surface area contributed by atoms with Gasteiger partial charge in [0.25, 0.3) is 0 Å². The van der Waals surface area contributed by atoms with E-state index in [1.807, 2.05) is 24.3 Å². The molecule has 0 radical (unpaired) electrons. The molecule has 5 atom stereocenters. The van der Waals surface area contributed by atoms with Crippen LogP contribution in [0.25, 0.3) is 0 Å². The molecule has 0 bridgehead atoms. The van der Waals surface area contributed by atoms with Gasteiger partial charge in [0.05, 0.1) is 19.4 Å². The summed E-state index contributed by atoms with van der Waals surface area (Å²) in [7, 11) is 1.30. The fraction of sp³-hybridized carbons (Fsp3) is 0.594. The molecule has 3 heterocycles. The molecule has 1 aromatic rings. The number of methoxy groups -OCH3 is 1. The molecule has 11 nitrogen and oxygen atoms in total. The summed E-state index contributed by atoms with van der Waals surface area (Å²) in [6.07, 6.45) is 7.76. The van der Waals surface area contributed by atoms with Crippen LogP contribution in [0.5, 0.6) is 0 Å². The monoisotopic (exact) mass is 628 g/mol. The summed E-state index contributed by atoms with van der Waals surface area (Å²) in [6.45, 7) is 5.32. The van der Waals surface area contributed by atoms with Crippen molar-refractivity contribution in [3.63, 3.8) is 0 Å². The Morgan fingerprint density at radius 2 is 1.98 bits per heavy atom. The van der Waals surface area contributed by atoms with Crippen molar-refractivity contribution in [2.24, 2.45) is 11.1 Å². The molecule has 0 aromatic heterocycles. The lowest BCUT2D eigenvalue weighted by atomic mass is 9.91. The van der Waals surface area contributed by atoms with Crippen LogP contribution in [0.1, 0.15) is 77.7 Å². The quantitative estimate of drug-likeness (QED) is 0.377. The van der Waals surface area contributed by atoms with Crippen molar-refractivity contribution >= 4 is 41.2 Å². The molecule has 5 rings (SSSR count). The minimum Gasteiger partial charge on any atom is -0.467 e. The molecule has 238 valence electrons. The van der Waals surface area contributed by atoms with E-state index in [1.165, 1.54) is 12.0 Å². The van der Waals surface area contributed by atoms with Crippen molar-refractivity contribution in [2.75, 3.05) is 13.7 Å². The van der Waals surface area contributed by atoms with Gasteiger partial charge in [-0.2, -0.15) is 0 Å². The van der Waals surface area contributed by atoms with E-state index in [0.29, 0.717) is 36.4 Å². The van der Waals surface area contributed by atoms with Gasteiger partial charge in [0, 0.05) is 29.3 Å². The topological polar surface area (TPSA) is 136 Å². The molecular weight excluding hydrogens is 588 g/mol. The zero-order chi connectivity index (χ0) is 31.7. The van der Waals surface area contributed by atoms with E-state index in [2.05, 4.69) is 15.8 Å². The minimum atomic E-state index is -1.19. The third-order valence-corrected chi connectivity index (χ3v) is 8.85. The molecule has 4 aliphatic rings. The van der Waals surface area contributed by atoms with Gasteiger partial charge in [-0.1, -0.05) is 53.9 Å². The van der Waals surface area contributed by atoms with Gasteiger partial charge in [0.15, 0.2) is 5.60 Å². The maximum atomic E-state index is 14.3. The Bertz CT molecular complexity index is 1370. The maximum Gasteiger partial charge on any atom is 0.408 e. The average molecular weight is 629 g/mol. The molecule has 1 aromatic carbocycles. The largest absolute Gasteiger partial charge is 0.467 e. The number of hydrogen-bond donors (Lipinski definition) is 2. The number of benzene rings is 1. The number of nitrogens with one attached hydrogen (secondary N) is 2. The average Bonchev–Trinajstić information content (AvgIpc) is 3.30. The first-order valence-electron chi connectivity index (χ1n) is 15.2. The number of ether oxygens (including phenoxy) is 2. The van der Waals surface area contributed by atoms with Gasteiger partial charge in [0.2, 0.25) is 11.8 Å². The van der Waals surface area contributed by atoms with Crippen molar-refractivity contribution in [1.82, 2.24) is 15.5 Å². The first-order valence-corrected chi connectivity index (χ1v) is 15.6. The lowest BCUT2D eigenvalue weighted by molar-refractivity contribution is -0.148. The van der Waals surface area contributed by atoms with E-state index in [0.717, 1.165) is 24.8 Å². The van der Waals surface area contributed by atoms with Crippen LogP contribution in [-0.4, -0.2) is 77.0 Å². The van der Waals surface area contributed by atoms with Gasteiger partial charge in [-0.15, -0.1) is 0 Å². The summed E-state index contributed by atoms with van der Waals surface area (Å²) in [5.74, 6) is -1.63. The number of oxime groups is 1. The molecule has 12 heteroatoms. The van der Waals surface area contributed by atoms with E-state index in [9.17, 15) is 19.2 Å². The van der Waals surface area contributed by atoms with Gasteiger partial charge < -0.3 is 29.8 Å². The zero-order valence-corrected chi connectivity index (χ0v) is 26.4. The first-order chi connectivity index (χ1) is 20.8. The summed E-state index contributed by atoms with van der Waals surface area (Å²) < 4.78 is 10.6. The van der Waals surface area contributed by atoms with Gasteiger partial charge in [-0.3, -0.25) is 9.59 Å². The van der Waals surface area contributed by atoms with Crippen LogP contribution in [0.3, 0.4) is 0 Å². The fourth-order valence-corrected chi connectivity index (χ4v) is 6.53. The van der Waals surface area contributed by atoms with Crippen LogP contribution >= 0.6 is 11.6 Å². The Morgan fingerprint density at radius 1 is 1.18 bits per heavy atom. The summed E-state index contributed by atoms with van der Waals surface area (Å²) in [4.78, 5) is 61.5. The van der Waals surface area contributed by atoms with Crippen molar-refractivity contribution in [2.45, 2.75) is 101 Å². The first kappa shape index (κ1) is 31.8. The normalized spacial score (nSPS) is 31.3. The molecule has 3 aliphatic heterocycles. The maximum absolute atomic E-state index is 14.3. The molecule has 2 N–H and O–H groups in total. The number of hydrogen-bond acceptors (Lipinski definition) is 8. The van der Waals surface area contributed by atoms with Crippen LogP contribution < -0.4 is 10.6 Å². The third-order valence-electron chi connectivity index (χ3n) is 8.61. The minimum absolute atomic E-state index is 0.0680. The second-order valence-electron chi connectivity index (χ2n) is 13.2. The third kappa shape index (κ3) is 6.87. The van der Waals surface area contributed by atoms with Gasteiger partial charge in [-0.25, -0.2) is 9.59 Å². The van der Waals surface area contributed by atoms with Crippen LogP contribution in [0.2, 0.25) is 5.02 Å². The smallest absolute Gasteiger partial charge is 0.408 e. The number of alkyl carbamates (subject to hydrolysis) is 1. The molecule has 0 unspecified atom stereocenters. The highest BCUT2D eigenvalue weighted by Gasteiger charge is 2.63. The van der Waals surface area contributed by atoms with E-state index >= 15 is 0 Å². The molecule has 3 amide bonds. The molecule has 2 fully saturated rings. The second-order valence-corrected chi connectivity index (χ2v) is 13.6. The Labute approximate surface area is 262 Å². The van der Waals surface area contributed by atoms with Crippen LogP contribution in [0.4, 0.5) is 4.79 Å². The Balaban J connectivity index is 1.45. The fourth-order valence-electron chi connectivity index (χ4n) is 6.34. The van der Waals surface area contributed by atoms with Gasteiger partial charge >= 0.3 is 12.1 Å². The molecule has 1 aliphatic carbocycles. The molecular formula is C32H41ClN4O7. The number of allylic oxidation sites excluding steroid dienone is 1. The number of nitrogens with zero attached hydrogens (tertiary/aromatic N) is 2. The Hall–Kier alpha value is -3.60. The SMILES string of the molecule is COC(=O)[C@@]12C[C@H]1/C=C\CCCCC[C@H](NC(=O)OC(C)(C)C)C(=O)N1C[C@@]3(CC(c4cccc(Cl)c4)=NO3)C[C@H]1C(=O)N2. The van der Waals surface area contributed by atoms with Gasteiger partial charge in [-0.05, 0) is 58.6 Å². The molecule has 1 spiro atoms.